The summed E-state index contributed by atoms with van der Waals surface area (Å²) in [6.07, 6.45) is 3.29. The van der Waals surface area contributed by atoms with Crippen molar-refractivity contribution in [3.63, 3.8) is 0 Å². The highest BCUT2D eigenvalue weighted by Gasteiger charge is 2.38. The van der Waals surface area contributed by atoms with Gasteiger partial charge in [0.15, 0.2) is 0 Å². The number of carboxylic acid groups (broad SMARTS) is 1. The molecule has 1 saturated heterocycles. The maximum Gasteiger partial charge on any atom is 0.320 e. The molecule has 2 unspecified atom stereocenters. The van der Waals surface area contributed by atoms with Crippen LogP contribution < -0.4 is 9.47 Å². The lowest BCUT2D eigenvalue weighted by Gasteiger charge is -2.33. The molecule has 1 aliphatic rings. The highest BCUT2D eigenvalue weighted by molar-refractivity contribution is 5.79. The normalized spacial score (nSPS) is 17.9. The summed E-state index contributed by atoms with van der Waals surface area (Å²) in [7, 11) is 3.24. The molecular formula is C23H24N2O4. The van der Waals surface area contributed by atoms with Crippen LogP contribution in [0.25, 0.3) is 10.9 Å². The molecule has 0 bridgehead atoms. The first-order chi connectivity index (χ1) is 14.1. The molecule has 1 aliphatic heterocycles. The van der Waals surface area contributed by atoms with Gasteiger partial charge in [-0.3, -0.25) is 14.7 Å². The topological polar surface area (TPSA) is 71.9 Å². The average molecular weight is 392 g/mol. The fourth-order valence-electron chi connectivity index (χ4n) is 4.20. The second-order valence-electron chi connectivity index (χ2n) is 7.21. The number of methoxy groups -OCH3 is 2. The van der Waals surface area contributed by atoms with E-state index in [1.165, 1.54) is 0 Å². The van der Waals surface area contributed by atoms with E-state index in [0.717, 1.165) is 28.5 Å². The standard InChI is InChI=1S/C23H24N2O4/c1-28-17-9-10-21(29-2)18(13-17)22(25-11-5-8-20(25)23(26)27)16-12-15-6-3-4-7-19(15)24-14-16/h3-4,6-7,9-10,12-14,20,22H,5,8,11H2,1-2H3,(H,26,27). The summed E-state index contributed by atoms with van der Waals surface area (Å²) in [5, 5.41) is 10.8. The SMILES string of the molecule is COc1ccc(OC)c(C(c2cnc3ccccc3c2)N2CCCC2C(=O)O)c1. The lowest BCUT2D eigenvalue weighted by molar-refractivity contribution is -0.142. The van der Waals surface area contributed by atoms with Gasteiger partial charge < -0.3 is 14.6 Å². The lowest BCUT2D eigenvalue weighted by Crippen LogP contribution is -2.39. The highest BCUT2D eigenvalue weighted by atomic mass is 16.5. The molecule has 0 spiro atoms. The van der Waals surface area contributed by atoms with Crippen molar-refractivity contribution >= 4 is 16.9 Å². The number of aromatic nitrogens is 1. The number of pyridine rings is 1. The van der Waals surface area contributed by atoms with Crippen LogP contribution in [0.2, 0.25) is 0 Å². The van der Waals surface area contributed by atoms with E-state index in [1.807, 2.05) is 53.6 Å². The highest BCUT2D eigenvalue weighted by Crippen LogP contribution is 2.40. The van der Waals surface area contributed by atoms with Gasteiger partial charge in [0.05, 0.1) is 25.8 Å². The minimum Gasteiger partial charge on any atom is -0.497 e. The number of ether oxygens (including phenoxy) is 2. The Bertz CT molecular complexity index is 1040. The summed E-state index contributed by atoms with van der Waals surface area (Å²) in [4.78, 5) is 18.6. The first-order valence-corrected chi connectivity index (χ1v) is 9.67. The van der Waals surface area contributed by atoms with Crippen molar-refractivity contribution in [2.45, 2.75) is 24.9 Å². The van der Waals surface area contributed by atoms with Gasteiger partial charge in [-0.25, -0.2) is 0 Å². The molecule has 29 heavy (non-hydrogen) atoms. The number of nitrogens with zero attached hydrogens (tertiary/aromatic N) is 2. The largest absolute Gasteiger partial charge is 0.497 e. The predicted molar refractivity (Wildman–Crippen MR) is 110 cm³/mol. The molecule has 4 rings (SSSR count). The van der Waals surface area contributed by atoms with Crippen molar-refractivity contribution in [3.8, 4) is 11.5 Å². The first-order valence-electron chi connectivity index (χ1n) is 9.67. The number of carbonyl (C=O) groups is 1. The van der Waals surface area contributed by atoms with E-state index in [-0.39, 0.29) is 6.04 Å². The summed E-state index contributed by atoms with van der Waals surface area (Å²) in [5.41, 5.74) is 2.71. The summed E-state index contributed by atoms with van der Waals surface area (Å²) < 4.78 is 11.1. The number of para-hydroxylation sites is 1. The van der Waals surface area contributed by atoms with Crippen molar-refractivity contribution in [2.24, 2.45) is 0 Å². The zero-order chi connectivity index (χ0) is 20.4. The van der Waals surface area contributed by atoms with Crippen molar-refractivity contribution < 1.29 is 19.4 Å². The molecule has 2 heterocycles. The Hall–Kier alpha value is -3.12. The number of carboxylic acids is 1. The Morgan fingerprint density at radius 2 is 2.00 bits per heavy atom. The summed E-state index contributed by atoms with van der Waals surface area (Å²) in [6, 6.07) is 14.8. The number of likely N-dealkylation sites (tertiary alicyclic amines) is 1. The number of hydrogen-bond acceptors (Lipinski definition) is 5. The van der Waals surface area contributed by atoms with Crippen LogP contribution in [0.5, 0.6) is 11.5 Å². The Morgan fingerprint density at radius 1 is 1.17 bits per heavy atom. The van der Waals surface area contributed by atoms with E-state index in [9.17, 15) is 9.90 Å². The van der Waals surface area contributed by atoms with Gasteiger partial charge in [-0.15, -0.1) is 0 Å². The molecule has 0 radical (unpaired) electrons. The summed E-state index contributed by atoms with van der Waals surface area (Å²) in [5.74, 6) is 0.591. The van der Waals surface area contributed by atoms with E-state index < -0.39 is 12.0 Å². The number of fused-ring (bicyclic) bond motifs is 1. The van der Waals surface area contributed by atoms with Crippen LogP contribution in [0, 0.1) is 0 Å². The minimum absolute atomic E-state index is 0.305. The van der Waals surface area contributed by atoms with Gasteiger partial charge in [0, 0.05) is 23.7 Å². The molecule has 3 aromatic rings. The van der Waals surface area contributed by atoms with Crippen molar-refractivity contribution in [3.05, 3.63) is 65.9 Å². The zero-order valence-electron chi connectivity index (χ0n) is 16.5. The number of rotatable bonds is 6. The molecule has 0 amide bonds. The summed E-state index contributed by atoms with van der Waals surface area (Å²) in [6.45, 7) is 0.689. The Kier molecular flexibility index (Phi) is 5.36. The van der Waals surface area contributed by atoms with Gasteiger partial charge in [-0.05, 0) is 48.7 Å². The predicted octanol–water partition coefficient (Wildman–Crippen LogP) is 3.89. The van der Waals surface area contributed by atoms with Gasteiger partial charge in [0.2, 0.25) is 0 Å². The van der Waals surface area contributed by atoms with Crippen molar-refractivity contribution in [1.29, 1.82) is 0 Å². The quantitative estimate of drug-likeness (QED) is 0.686. The third-order valence-electron chi connectivity index (χ3n) is 5.57. The van der Waals surface area contributed by atoms with Gasteiger partial charge in [0.1, 0.15) is 17.5 Å². The molecule has 2 atom stereocenters. The Labute approximate surface area is 169 Å². The molecular weight excluding hydrogens is 368 g/mol. The van der Waals surface area contributed by atoms with Crippen LogP contribution in [-0.2, 0) is 4.79 Å². The van der Waals surface area contributed by atoms with E-state index in [0.29, 0.717) is 24.5 Å². The summed E-state index contributed by atoms with van der Waals surface area (Å²) >= 11 is 0. The number of hydrogen-bond donors (Lipinski definition) is 1. The van der Waals surface area contributed by atoms with Crippen LogP contribution in [0.15, 0.2) is 54.7 Å². The fourth-order valence-corrected chi connectivity index (χ4v) is 4.20. The monoisotopic (exact) mass is 392 g/mol. The van der Waals surface area contributed by atoms with Gasteiger partial charge >= 0.3 is 5.97 Å². The van der Waals surface area contributed by atoms with Crippen LogP contribution in [0.3, 0.4) is 0 Å². The first kappa shape index (κ1) is 19.2. The van der Waals surface area contributed by atoms with Gasteiger partial charge in [0.25, 0.3) is 0 Å². The second-order valence-corrected chi connectivity index (χ2v) is 7.21. The maximum absolute atomic E-state index is 12.0. The van der Waals surface area contributed by atoms with Crippen LogP contribution in [0.1, 0.15) is 30.0 Å². The van der Waals surface area contributed by atoms with Crippen molar-refractivity contribution in [1.82, 2.24) is 9.88 Å². The molecule has 1 N–H and O–H groups in total. The fraction of sp³-hybridized carbons (Fsp3) is 0.304. The van der Waals surface area contributed by atoms with E-state index in [4.69, 9.17) is 9.47 Å². The molecule has 6 nitrogen and oxygen atoms in total. The Balaban J connectivity index is 1.91. The van der Waals surface area contributed by atoms with Crippen LogP contribution >= 0.6 is 0 Å². The zero-order valence-corrected chi connectivity index (χ0v) is 16.5. The number of aliphatic carboxylic acids is 1. The van der Waals surface area contributed by atoms with Crippen LogP contribution in [0.4, 0.5) is 0 Å². The van der Waals surface area contributed by atoms with Gasteiger partial charge in [-0.1, -0.05) is 18.2 Å². The molecule has 1 fully saturated rings. The molecule has 150 valence electrons. The minimum atomic E-state index is -0.803. The van der Waals surface area contributed by atoms with Crippen molar-refractivity contribution in [2.75, 3.05) is 20.8 Å². The molecule has 2 aromatic carbocycles. The molecule has 6 heteroatoms. The third kappa shape index (κ3) is 3.63. The van der Waals surface area contributed by atoms with E-state index in [2.05, 4.69) is 11.1 Å². The smallest absolute Gasteiger partial charge is 0.320 e. The van der Waals surface area contributed by atoms with E-state index >= 15 is 0 Å². The maximum atomic E-state index is 12.0. The third-order valence-corrected chi connectivity index (χ3v) is 5.57. The molecule has 0 aliphatic carbocycles. The molecule has 0 saturated carbocycles. The average Bonchev–Trinajstić information content (AvgIpc) is 3.23. The number of benzene rings is 2. The second kappa shape index (κ2) is 8.09. The molecule has 1 aromatic heterocycles. The Morgan fingerprint density at radius 3 is 2.76 bits per heavy atom. The van der Waals surface area contributed by atoms with Gasteiger partial charge in [-0.2, -0.15) is 0 Å². The lowest BCUT2D eigenvalue weighted by atomic mass is 9.95. The van der Waals surface area contributed by atoms with Crippen LogP contribution in [-0.4, -0.2) is 47.8 Å². The van der Waals surface area contributed by atoms with E-state index in [1.54, 1.807) is 14.2 Å².